The number of piperidine rings is 1. The standard InChI is InChI=1S/C33H37Cl2NO2/c1-20(2)14-29-22(4)33(5,6)17-30(36(29)18-23-10-13-31-32(15-23)38-19-37-31)26-9-7-8-25(21(26)3)24-11-12-27(34)28(35)16-24/h7-13,15-16,22,29-30H,1,14,17-19H2,2-6H3. The summed E-state index contributed by atoms with van der Waals surface area (Å²) in [7, 11) is 0. The normalized spacial score (nSPS) is 22.4. The van der Waals surface area contributed by atoms with Crippen LogP contribution >= 0.6 is 23.2 Å². The predicted molar refractivity (Wildman–Crippen MR) is 158 cm³/mol. The Bertz CT molecular complexity index is 1370. The Hall–Kier alpha value is -2.46. The molecule has 2 heterocycles. The lowest BCUT2D eigenvalue weighted by Gasteiger charge is -2.54. The van der Waals surface area contributed by atoms with Crippen LogP contribution < -0.4 is 9.47 Å². The number of rotatable bonds is 6. The molecule has 2 aliphatic heterocycles. The fourth-order valence-corrected chi connectivity index (χ4v) is 6.55. The molecule has 5 rings (SSSR count). The highest BCUT2D eigenvalue weighted by Crippen LogP contribution is 2.51. The van der Waals surface area contributed by atoms with E-state index in [1.54, 1.807) is 0 Å². The van der Waals surface area contributed by atoms with Crippen LogP contribution in [0.1, 0.15) is 63.3 Å². The first-order chi connectivity index (χ1) is 18.0. The molecule has 2 aliphatic rings. The van der Waals surface area contributed by atoms with Crippen molar-refractivity contribution in [2.75, 3.05) is 6.79 Å². The molecular weight excluding hydrogens is 513 g/mol. The van der Waals surface area contributed by atoms with E-state index in [0.717, 1.165) is 36.4 Å². The predicted octanol–water partition coefficient (Wildman–Crippen LogP) is 9.64. The highest BCUT2D eigenvalue weighted by Gasteiger charge is 2.45. The maximum absolute atomic E-state index is 6.41. The minimum atomic E-state index is 0.169. The highest BCUT2D eigenvalue weighted by atomic mass is 35.5. The summed E-state index contributed by atoms with van der Waals surface area (Å²) in [6.45, 7) is 17.1. The van der Waals surface area contributed by atoms with Crippen LogP contribution in [0.15, 0.2) is 66.7 Å². The van der Waals surface area contributed by atoms with Crippen molar-refractivity contribution in [1.82, 2.24) is 4.90 Å². The smallest absolute Gasteiger partial charge is 0.231 e. The summed E-state index contributed by atoms with van der Waals surface area (Å²) in [4.78, 5) is 2.71. The van der Waals surface area contributed by atoms with Gasteiger partial charge in [-0.1, -0.05) is 79.9 Å². The molecule has 3 aromatic carbocycles. The SMILES string of the molecule is C=C(C)CC1C(C)C(C)(C)CC(c2cccc(-c3ccc(Cl)c(Cl)c3)c2C)N1Cc1ccc2c(c1)OCO2. The minimum absolute atomic E-state index is 0.169. The number of hydrogen-bond donors (Lipinski definition) is 0. The van der Waals surface area contributed by atoms with Crippen molar-refractivity contribution in [3.05, 3.63) is 93.5 Å². The van der Waals surface area contributed by atoms with E-state index in [1.165, 1.54) is 27.8 Å². The summed E-state index contributed by atoms with van der Waals surface area (Å²) >= 11 is 12.6. The lowest BCUT2D eigenvalue weighted by Crippen LogP contribution is -2.52. The number of likely N-dealkylation sites (tertiary alicyclic amines) is 1. The molecule has 0 aliphatic carbocycles. The molecule has 0 saturated carbocycles. The molecule has 3 aromatic rings. The Kier molecular flexibility index (Phi) is 7.57. The van der Waals surface area contributed by atoms with Gasteiger partial charge in [0.15, 0.2) is 11.5 Å². The van der Waals surface area contributed by atoms with Crippen LogP contribution in [-0.2, 0) is 6.54 Å². The fraction of sp³-hybridized carbons (Fsp3) is 0.394. The van der Waals surface area contributed by atoms with Gasteiger partial charge in [0.2, 0.25) is 6.79 Å². The molecule has 0 amide bonds. The van der Waals surface area contributed by atoms with E-state index in [9.17, 15) is 0 Å². The second-order valence-corrected chi connectivity index (χ2v) is 12.5. The third kappa shape index (κ3) is 5.21. The summed E-state index contributed by atoms with van der Waals surface area (Å²) in [5, 5.41) is 1.15. The first-order valence-electron chi connectivity index (χ1n) is 13.4. The van der Waals surface area contributed by atoms with Gasteiger partial charge in [0, 0.05) is 18.6 Å². The second-order valence-electron chi connectivity index (χ2n) is 11.7. The van der Waals surface area contributed by atoms with E-state index in [-0.39, 0.29) is 18.2 Å². The van der Waals surface area contributed by atoms with Crippen LogP contribution in [0.4, 0.5) is 0 Å². The van der Waals surface area contributed by atoms with Crippen LogP contribution in [-0.4, -0.2) is 17.7 Å². The molecule has 0 aromatic heterocycles. The molecule has 200 valence electrons. The highest BCUT2D eigenvalue weighted by molar-refractivity contribution is 6.42. The minimum Gasteiger partial charge on any atom is -0.454 e. The topological polar surface area (TPSA) is 21.7 Å². The number of nitrogens with zero attached hydrogens (tertiary/aromatic N) is 1. The van der Waals surface area contributed by atoms with Gasteiger partial charge in [-0.3, -0.25) is 4.90 Å². The van der Waals surface area contributed by atoms with Crippen molar-refractivity contribution in [2.45, 2.75) is 66.1 Å². The fourth-order valence-electron chi connectivity index (χ4n) is 6.25. The first-order valence-corrected chi connectivity index (χ1v) is 14.1. The quantitative estimate of drug-likeness (QED) is 0.285. The van der Waals surface area contributed by atoms with Crippen LogP contribution in [0.2, 0.25) is 10.0 Å². The van der Waals surface area contributed by atoms with Gasteiger partial charge in [-0.15, -0.1) is 6.58 Å². The average Bonchev–Trinajstić information content (AvgIpc) is 3.33. The zero-order valence-corrected chi connectivity index (χ0v) is 24.5. The Balaban J connectivity index is 1.60. The van der Waals surface area contributed by atoms with E-state index in [2.05, 4.69) is 82.5 Å². The van der Waals surface area contributed by atoms with Crippen LogP contribution in [0.5, 0.6) is 11.5 Å². The first kappa shape index (κ1) is 27.1. The third-order valence-electron chi connectivity index (χ3n) is 8.68. The molecule has 0 N–H and O–H groups in total. The van der Waals surface area contributed by atoms with Crippen molar-refractivity contribution < 1.29 is 9.47 Å². The summed E-state index contributed by atoms with van der Waals surface area (Å²) in [5.41, 5.74) is 7.54. The molecule has 0 radical (unpaired) electrons. The Labute approximate surface area is 237 Å². The monoisotopic (exact) mass is 549 g/mol. The number of halogens is 2. The summed E-state index contributed by atoms with van der Waals surface area (Å²) in [6.07, 6.45) is 2.04. The Morgan fingerprint density at radius 1 is 1.03 bits per heavy atom. The zero-order chi connectivity index (χ0) is 27.2. The van der Waals surface area contributed by atoms with Gasteiger partial charge in [-0.25, -0.2) is 0 Å². The van der Waals surface area contributed by atoms with Crippen molar-refractivity contribution in [2.24, 2.45) is 11.3 Å². The molecule has 38 heavy (non-hydrogen) atoms. The summed E-state index contributed by atoms with van der Waals surface area (Å²) in [5.74, 6) is 2.16. The number of ether oxygens (including phenoxy) is 2. The summed E-state index contributed by atoms with van der Waals surface area (Å²) < 4.78 is 11.3. The van der Waals surface area contributed by atoms with Gasteiger partial charge in [0.05, 0.1) is 10.0 Å². The molecule has 5 heteroatoms. The lowest BCUT2D eigenvalue weighted by molar-refractivity contribution is -0.0394. The summed E-state index contributed by atoms with van der Waals surface area (Å²) in [6, 6.07) is 19.5. The van der Waals surface area contributed by atoms with E-state index in [4.69, 9.17) is 32.7 Å². The van der Waals surface area contributed by atoms with E-state index < -0.39 is 0 Å². The maximum Gasteiger partial charge on any atom is 0.231 e. The van der Waals surface area contributed by atoms with Crippen LogP contribution in [0.25, 0.3) is 11.1 Å². The van der Waals surface area contributed by atoms with Gasteiger partial charge in [-0.2, -0.15) is 0 Å². The largest absolute Gasteiger partial charge is 0.454 e. The molecule has 1 saturated heterocycles. The molecule has 3 atom stereocenters. The van der Waals surface area contributed by atoms with Crippen molar-refractivity contribution in [3.63, 3.8) is 0 Å². The molecular formula is C33H37Cl2NO2. The number of benzene rings is 3. The van der Waals surface area contributed by atoms with Crippen LogP contribution in [0.3, 0.4) is 0 Å². The lowest BCUT2D eigenvalue weighted by atomic mass is 9.65. The average molecular weight is 551 g/mol. The van der Waals surface area contributed by atoms with Gasteiger partial charge in [0.25, 0.3) is 0 Å². The number of hydrogen-bond acceptors (Lipinski definition) is 3. The van der Waals surface area contributed by atoms with Gasteiger partial charge in [-0.05, 0) is 90.1 Å². The maximum atomic E-state index is 6.41. The Morgan fingerprint density at radius 3 is 2.53 bits per heavy atom. The molecule has 1 fully saturated rings. The molecule has 0 spiro atoms. The van der Waals surface area contributed by atoms with Crippen molar-refractivity contribution in [1.29, 1.82) is 0 Å². The van der Waals surface area contributed by atoms with E-state index in [1.807, 2.05) is 18.2 Å². The molecule has 0 bridgehead atoms. The zero-order valence-electron chi connectivity index (χ0n) is 23.0. The second kappa shape index (κ2) is 10.6. The van der Waals surface area contributed by atoms with E-state index >= 15 is 0 Å². The van der Waals surface area contributed by atoms with E-state index in [0.29, 0.717) is 22.0 Å². The molecule has 3 nitrogen and oxygen atoms in total. The van der Waals surface area contributed by atoms with Gasteiger partial charge in [0.1, 0.15) is 0 Å². The van der Waals surface area contributed by atoms with Crippen molar-refractivity contribution >= 4 is 23.2 Å². The molecule has 3 unspecified atom stereocenters. The van der Waals surface area contributed by atoms with Gasteiger partial charge >= 0.3 is 0 Å². The third-order valence-corrected chi connectivity index (χ3v) is 9.42. The Morgan fingerprint density at radius 2 is 1.79 bits per heavy atom. The van der Waals surface area contributed by atoms with Gasteiger partial charge < -0.3 is 9.47 Å². The number of fused-ring (bicyclic) bond motifs is 1. The van der Waals surface area contributed by atoms with Crippen molar-refractivity contribution in [3.8, 4) is 22.6 Å². The van der Waals surface area contributed by atoms with Crippen LogP contribution in [0, 0.1) is 18.3 Å².